The van der Waals surface area contributed by atoms with Gasteiger partial charge in [-0.1, -0.05) is 6.42 Å². The molecule has 5 heteroatoms. The Morgan fingerprint density at radius 2 is 1.90 bits per heavy atom. The highest BCUT2D eigenvalue weighted by Crippen LogP contribution is 2.28. The molecule has 2 amide bonds. The van der Waals surface area contributed by atoms with Gasteiger partial charge in [0.1, 0.15) is 0 Å². The van der Waals surface area contributed by atoms with Crippen molar-refractivity contribution in [2.45, 2.75) is 51.5 Å². The molecule has 2 aliphatic rings. The minimum absolute atomic E-state index is 0.0266. The van der Waals surface area contributed by atoms with Gasteiger partial charge in [0.25, 0.3) is 0 Å². The Hall–Kier alpha value is -1.10. The first-order chi connectivity index (χ1) is 9.56. The molecular formula is C15H27N3O2. The standard InChI is InChI=1S/C15H27N3O2/c1-11(19)17-10-12-5-7-18(8-6-12)15(20)9-13-3-2-4-14(13)16/h12-14H,2-10,16H2,1H3,(H,17,19)/t13-,14+/m0/s1. The van der Waals surface area contributed by atoms with Crippen LogP contribution in [0.15, 0.2) is 0 Å². The molecule has 2 rings (SSSR count). The van der Waals surface area contributed by atoms with E-state index in [0.29, 0.717) is 18.3 Å². The predicted octanol–water partition coefficient (Wildman–Crippen LogP) is 0.879. The van der Waals surface area contributed by atoms with Crippen molar-refractivity contribution >= 4 is 11.8 Å². The molecule has 5 nitrogen and oxygen atoms in total. The Morgan fingerprint density at radius 1 is 1.20 bits per heavy atom. The topological polar surface area (TPSA) is 75.4 Å². The van der Waals surface area contributed by atoms with Crippen LogP contribution in [0.5, 0.6) is 0 Å². The molecule has 0 unspecified atom stereocenters. The van der Waals surface area contributed by atoms with Crippen LogP contribution >= 0.6 is 0 Å². The molecule has 0 spiro atoms. The summed E-state index contributed by atoms with van der Waals surface area (Å²) in [4.78, 5) is 25.2. The van der Waals surface area contributed by atoms with E-state index in [2.05, 4.69) is 5.32 Å². The van der Waals surface area contributed by atoms with Crippen LogP contribution in [-0.2, 0) is 9.59 Å². The highest BCUT2D eigenvalue weighted by atomic mass is 16.2. The summed E-state index contributed by atoms with van der Waals surface area (Å²) in [5, 5.41) is 2.86. The number of rotatable bonds is 4. The molecule has 1 heterocycles. The van der Waals surface area contributed by atoms with E-state index in [1.54, 1.807) is 6.92 Å². The fourth-order valence-corrected chi connectivity index (χ4v) is 3.35. The highest BCUT2D eigenvalue weighted by molar-refractivity contribution is 5.76. The van der Waals surface area contributed by atoms with E-state index in [9.17, 15) is 9.59 Å². The zero-order chi connectivity index (χ0) is 14.5. The Bertz CT molecular complexity index is 351. The van der Waals surface area contributed by atoms with Gasteiger partial charge in [-0.15, -0.1) is 0 Å². The number of amides is 2. The maximum absolute atomic E-state index is 12.3. The second-order valence-corrected chi connectivity index (χ2v) is 6.32. The average molecular weight is 281 g/mol. The van der Waals surface area contributed by atoms with Crippen LogP contribution < -0.4 is 11.1 Å². The molecule has 0 bridgehead atoms. The van der Waals surface area contributed by atoms with Crippen molar-refractivity contribution < 1.29 is 9.59 Å². The Morgan fingerprint density at radius 3 is 2.45 bits per heavy atom. The number of nitrogens with one attached hydrogen (secondary N) is 1. The third-order valence-corrected chi connectivity index (χ3v) is 4.76. The molecule has 1 saturated carbocycles. The summed E-state index contributed by atoms with van der Waals surface area (Å²) < 4.78 is 0. The summed E-state index contributed by atoms with van der Waals surface area (Å²) in [5.74, 6) is 1.19. The van der Waals surface area contributed by atoms with Crippen LogP contribution in [-0.4, -0.2) is 42.4 Å². The number of carbonyl (C=O) groups is 2. The van der Waals surface area contributed by atoms with Gasteiger partial charge in [-0.2, -0.15) is 0 Å². The fourth-order valence-electron chi connectivity index (χ4n) is 3.35. The van der Waals surface area contributed by atoms with Crippen LogP contribution in [0.3, 0.4) is 0 Å². The summed E-state index contributed by atoms with van der Waals surface area (Å²) in [7, 11) is 0. The van der Waals surface area contributed by atoms with E-state index < -0.39 is 0 Å². The highest BCUT2D eigenvalue weighted by Gasteiger charge is 2.29. The number of carbonyl (C=O) groups excluding carboxylic acids is 2. The molecule has 1 aliphatic carbocycles. The molecule has 0 aromatic carbocycles. The molecule has 0 aromatic heterocycles. The first-order valence-corrected chi connectivity index (χ1v) is 7.84. The zero-order valence-corrected chi connectivity index (χ0v) is 12.4. The van der Waals surface area contributed by atoms with Crippen molar-refractivity contribution in [2.24, 2.45) is 17.6 Å². The van der Waals surface area contributed by atoms with Crippen molar-refractivity contribution in [3.63, 3.8) is 0 Å². The van der Waals surface area contributed by atoms with Gasteiger partial charge in [0, 0.05) is 39.0 Å². The Kier molecular flexibility index (Phi) is 5.40. The summed E-state index contributed by atoms with van der Waals surface area (Å²) in [6, 6.07) is 0.219. The lowest BCUT2D eigenvalue weighted by Gasteiger charge is -2.33. The molecule has 2 fully saturated rings. The van der Waals surface area contributed by atoms with E-state index in [1.807, 2.05) is 4.90 Å². The normalized spacial score (nSPS) is 27.6. The molecule has 1 aliphatic heterocycles. The molecular weight excluding hydrogens is 254 g/mol. The molecule has 1 saturated heterocycles. The number of piperidine rings is 1. The minimum Gasteiger partial charge on any atom is -0.356 e. The third kappa shape index (κ3) is 4.20. The van der Waals surface area contributed by atoms with Crippen molar-refractivity contribution in [1.29, 1.82) is 0 Å². The Balaban J connectivity index is 1.70. The SMILES string of the molecule is CC(=O)NCC1CCN(C(=O)C[C@@H]2CCC[C@H]2N)CC1. The van der Waals surface area contributed by atoms with Gasteiger partial charge in [-0.05, 0) is 37.5 Å². The smallest absolute Gasteiger partial charge is 0.222 e. The summed E-state index contributed by atoms with van der Waals surface area (Å²) >= 11 is 0. The second kappa shape index (κ2) is 7.07. The molecule has 0 aromatic rings. The third-order valence-electron chi connectivity index (χ3n) is 4.76. The lowest BCUT2D eigenvalue weighted by molar-refractivity contribution is -0.133. The van der Waals surface area contributed by atoms with Gasteiger partial charge >= 0.3 is 0 Å². The minimum atomic E-state index is 0.0266. The van der Waals surface area contributed by atoms with Crippen LogP contribution in [0.4, 0.5) is 0 Å². The monoisotopic (exact) mass is 281 g/mol. The summed E-state index contributed by atoms with van der Waals surface area (Å²) in [6.07, 6.45) is 5.93. The predicted molar refractivity (Wildman–Crippen MR) is 77.9 cm³/mol. The van der Waals surface area contributed by atoms with Crippen LogP contribution in [0.25, 0.3) is 0 Å². The second-order valence-electron chi connectivity index (χ2n) is 6.32. The van der Waals surface area contributed by atoms with Crippen molar-refractivity contribution in [1.82, 2.24) is 10.2 Å². The summed E-state index contributed by atoms with van der Waals surface area (Å²) in [5.41, 5.74) is 6.04. The number of hydrogen-bond acceptors (Lipinski definition) is 3. The molecule has 114 valence electrons. The van der Waals surface area contributed by atoms with Gasteiger partial charge in [-0.3, -0.25) is 9.59 Å². The van der Waals surface area contributed by atoms with E-state index in [0.717, 1.165) is 51.7 Å². The van der Waals surface area contributed by atoms with E-state index in [-0.39, 0.29) is 17.9 Å². The van der Waals surface area contributed by atoms with Crippen LogP contribution in [0, 0.1) is 11.8 Å². The lowest BCUT2D eigenvalue weighted by Crippen LogP contribution is -2.42. The zero-order valence-electron chi connectivity index (χ0n) is 12.4. The van der Waals surface area contributed by atoms with Crippen molar-refractivity contribution in [3.8, 4) is 0 Å². The van der Waals surface area contributed by atoms with E-state index in [4.69, 9.17) is 5.73 Å². The maximum atomic E-state index is 12.3. The average Bonchev–Trinajstić information content (AvgIpc) is 2.82. The first kappa shape index (κ1) is 15.3. The van der Waals surface area contributed by atoms with Gasteiger partial charge in [-0.25, -0.2) is 0 Å². The molecule has 2 atom stereocenters. The molecule has 20 heavy (non-hydrogen) atoms. The van der Waals surface area contributed by atoms with Crippen LogP contribution in [0.2, 0.25) is 0 Å². The van der Waals surface area contributed by atoms with Gasteiger partial charge in [0.05, 0.1) is 0 Å². The molecule has 0 radical (unpaired) electrons. The van der Waals surface area contributed by atoms with Gasteiger partial charge < -0.3 is 16.0 Å². The summed E-state index contributed by atoms with van der Waals surface area (Å²) in [6.45, 7) is 3.93. The lowest BCUT2D eigenvalue weighted by atomic mass is 9.95. The van der Waals surface area contributed by atoms with Crippen LogP contribution in [0.1, 0.15) is 45.4 Å². The quantitative estimate of drug-likeness (QED) is 0.803. The molecule has 3 N–H and O–H groups in total. The van der Waals surface area contributed by atoms with Crippen molar-refractivity contribution in [3.05, 3.63) is 0 Å². The fraction of sp³-hybridized carbons (Fsp3) is 0.867. The number of nitrogens with two attached hydrogens (primary N) is 1. The number of hydrogen-bond donors (Lipinski definition) is 2. The van der Waals surface area contributed by atoms with Gasteiger partial charge in [0.15, 0.2) is 0 Å². The van der Waals surface area contributed by atoms with Crippen molar-refractivity contribution in [2.75, 3.05) is 19.6 Å². The Labute approximate surface area is 121 Å². The maximum Gasteiger partial charge on any atom is 0.222 e. The van der Waals surface area contributed by atoms with E-state index in [1.165, 1.54) is 0 Å². The van der Waals surface area contributed by atoms with E-state index >= 15 is 0 Å². The number of nitrogens with zero attached hydrogens (tertiary/aromatic N) is 1. The number of likely N-dealkylation sites (tertiary alicyclic amines) is 1. The van der Waals surface area contributed by atoms with Gasteiger partial charge in [0.2, 0.25) is 11.8 Å². The first-order valence-electron chi connectivity index (χ1n) is 7.84. The largest absolute Gasteiger partial charge is 0.356 e.